The Morgan fingerprint density at radius 1 is 1.26 bits per heavy atom. The van der Waals surface area contributed by atoms with Gasteiger partial charge >= 0.3 is 11.2 Å². The number of rotatable bonds is 6. The lowest BCUT2D eigenvalue weighted by molar-refractivity contribution is -0.385. The first-order valence-electron chi connectivity index (χ1n) is 8.71. The predicted octanol–water partition coefficient (Wildman–Crippen LogP) is 2.95. The van der Waals surface area contributed by atoms with E-state index < -0.39 is 16.2 Å². The van der Waals surface area contributed by atoms with Crippen molar-refractivity contribution in [2.24, 2.45) is 0 Å². The van der Waals surface area contributed by atoms with E-state index in [0.29, 0.717) is 18.6 Å². The van der Waals surface area contributed by atoms with E-state index in [4.69, 9.17) is 0 Å². The van der Waals surface area contributed by atoms with Crippen LogP contribution in [-0.4, -0.2) is 26.9 Å². The maximum absolute atomic E-state index is 13.4. The minimum absolute atomic E-state index is 0.0927. The Bertz CT molecular complexity index is 1080. The molecule has 0 N–H and O–H groups in total. The first-order chi connectivity index (χ1) is 13.0. The predicted molar refractivity (Wildman–Crippen MR) is 98.6 cm³/mol. The molecule has 8 heteroatoms. The third kappa shape index (κ3) is 3.38. The Hall–Kier alpha value is -3.29. The molecule has 138 valence electrons. The van der Waals surface area contributed by atoms with Crippen molar-refractivity contribution in [1.82, 2.24) is 9.38 Å². The number of pyridine rings is 1. The van der Waals surface area contributed by atoms with Gasteiger partial charge in [0.1, 0.15) is 11.5 Å². The maximum atomic E-state index is 13.4. The molecule has 0 amide bonds. The maximum Gasteiger partial charge on any atom is 0.376 e. The third-order valence-corrected chi connectivity index (χ3v) is 4.66. The molecule has 0 spiro atoms. The summed E-state index contributed by atoms with van der Waals surface area (Å²) in [4.78, 5) is 29.9. The lowest BCUT2D eigenvalue weighted by Crippen LogP contribution is -2.32. The van der Waals surface area contributed by atoms with E-state index >= 15 is 0 Å². The lowest BCUT2D eigenvalue weighted by atomic mass is 10.1. The van der Waals surface area contributed by atoms with Crippen molar-refractivity contribution in [3.8, 4) is 0 Å². The summed E-state index contributed by atoms with van der Waals surface area (Å²) < 4.78 is 14.6. The summed E-state index contributed by atoms with van der Waals surface area (Å²) in [6.45, 7) is 0.421. The van der Waals surface area contributed by atoms with E-state index in [1.807, 2.05) is 11.0 Å². The number of nitro groups is 1. The molecule has 1 aliphatic rings. The molecule has 7 nitrogen and oxygen atoms in total. The molecule has 0 saturated heterocycles. The van der Waals surface area contributed by atoms with Crippen LogP contribution in [0.15, 0.2) is 53.5 Å². The van der Waals surface area contributed by atoms with E-state index in [1.54, 1.807) is 24.3 Å². The molecule has 1 fully saturated rings. The van der Waals surface area contributed by atoms with Gasteiger partial charge in [-0.3, -0.25) is 19.3 Å². The zero-order valence-electron chi connectivity index (χ0n) is 14.4. The Kier molecular flexibility index (Phi) is 4.31. The van der Waals surface area contributed by atoms with Crippen molar-refractivity contribution in [3.63, 3.8) is 0 Å². The standard InChI is InChI=1S/C19H17FN4O3/c20-14-5-3-4-13(12-14)9-11-22(15-7-8-15)18-17(24(26)27)19(25)23-10-2-1-6-16(23)21-18/h1-6,10,12,15H,7-9,11H2. The minimum Gasteiger partial charge on any atom is -0.347 e. The van der Waals surface area contributed by atoms with Crippen LogP contribution >= 0.6 is 0 Å². The van der Waals surface area contributed by atoms with Gasteiger partial charge in [-0.25, -0.2) is 9.37 Å². The van der Waals surface area contributed by atoms with Crippen molar-refractivity contribution in [2.75, 3.05) is 11.4 Å². The molecule has 0 atom stereocenters. The fourth-order valence-corrected chi connectivity index (χ4v) is 3.22. The monoisotopic (exact) mass is 368 g/mol. The molecule has 1 saturated carbocycles. The van der Waals surface area contributed by atoms with Gasteiger partial charge < -0.3 is 4.90 Å². The Balaban J connectivity index is 1.76. The molecule has 1 aliphatic carbocycles. The summed E-state index contributed by atoms with van der Waals surface area (Å²) in [5.74, 6) is -0.228. The zero-order chi connectivity index (χ0) is 19.0. The van der Waals surface area contributed by atoms with Gasteiger partial charge in [-0.1, -0.05) is 18.2 Å². The van der Waals surface area contributed by atoms with Crippen molar-refractivity contribution < 1.29 is 9.31 Å². The second-order valence-electron chi connectivity index (χ2n) is 6.58. The summed E-state index contributed by atoms with van der Waals surface area (Å²) in [6, 6.07) is 11.4. The second-order valence-corrected chi connectivity index (χ2v) is 6.58. The van der Waals surface area contributed by atoms with Crippen LogP contribution in [0.4, 0.5) is 15.9 Å². The van der Waals surface area contributed by atoms with E-state index in [9.17, 15) is 19.3 Å². The number of benzene rings is 1. The molecule has 0 radical (unpaired) electrons. The van der Waals surface area contributed by atoms with E-state index in [-0.39, 0.29) is 17.7 Å². The van der Waals surface area contributed by atoms with E-state index in [1.165, 1.54) is 22.7 Å². The molecule has 0 unspecified atom stereocenters. The second kappa shape index (κ2) is 6.79. The quantitative estimate of drug-likeness (QED) is 0.494. The fourth-order valence-electron chi connectivity index (χ4n) is 3.22. The summed E-state index contributed by atoms with van der Waals surface area (Å²) in [6.07, 6.45) is 3.74. The molecular weight excluding hydrogens is 351 g/mol. The smallest absolute Gasteiger partial charge is 0.347 e. The van der Waals surface area contributed by atoms with Gasteiger partial charge in [-0.2, -0.15) is 0 Å². The molecule has 3 aromatic rings. The van der Waals surface area contributed by atoms with Crippen LogP contribution in [-0.2, 0) is 6.42 Å². The molecule has 2 heterocycles. The first-order valence-corrected chi connectivity index (χ1v) is 8.71. The molecule has 27 heavy (non-hydrogen) atoms. The van der Waals surface area contributed by atoms with Gasteiger partial charge in [0.2, 0.25) is 5.82 Å². The van der Waals surface area contributed by atoms with Gasteiger partial charge in [-0.15, -0.1) is 0 Å². The summed E-state index contributed by atoms with van der Waals surface area (Å²) in [5.41, 5.74) is -0.0674. The van der Waals surface area contributed by atoms with Crippen molar-refractivity contribution >= 4 is 17.2 Å². The number of anilines is 1. The van der Waals surface area contributed by atoms with Crippen LogP contribution in [0, 0.1) is 15.9 Å². The van der Waals surface area contributed by atoms with Gasteiger partial charge in [0, 0.05) is 18.8 Å². The van der Waals surface area contributed by atoms with Crippen LogP contribution in [0.25, 0.3) is 5.65 Å². The average Bonchev–Trinajstić information content (AvgIpc) is 3.47. The summed E-state index contributed by atoms with van der Waals surface area (Å²) >= 11 is 0. The summed E-state index contributed by atoms with van der Waals surface area (Å²) in [7, 11) is 0. The normalized spacial score (nSPS) is 13.7. The summed E-state index contributed by atoms with van der Waals surface area (Å²) in [5, 5.41) is 11.6. The number of aromatic nitrogens is 2. The number of halogens is 1. The van der Waals surface area contributed by atoms with Crippen molar-refractivity contribution in [1.29, 1.82) is 0 Å². The number of hydrogen-bond acceptors (Lipinski definition) is 5. The third-order valence-electron chi connectivity index (χ3n) is 4.66. The number of nitrogens with zero attached hydrogens (tertiary/aromatic N) is 4. The largest absolute Gasteiger partial charge is 0.376 e. The minimum atomic E-state index is -0.697. The van der Waals surface area contributed by atoms with Crippen LogP contribution in [0.5, 0.6) is 0 Å². The topological polar surface area (TPSA) is 80.8 Å². The Labute approximate surface area is 153 Å². The van der Waals surface area contributed by atoms with E-state index in [2.05, 4.69) is 4.98 Å². The van der Waals surface area contributed by atoms with Crippen LogP contribution in [0.3, 0.4) is 0 Å². The average molecular weight is 368 g/mol. The van der Waals surface area contributed by atoms with E-state index in [0.717, 1.165) is 18.4 Å². The molecule has 0 aliphatic heterocycles. The molecule has 4 rings (SSSR count). The van der Waals surface area contributed by atoms with Crippen molar-refractivity contribution in [2.45, 2.75) is 25.3 Å². The molecular formula is C19H17FN4O3. The molecule has 1 aromatic carbocycles. The Morgan fingerprint density at radius 3 is 2.78 bits per heavy atom. The lowest BCUT2D eigenvalue weighted by Gasteiger charge is -2.23. The molecule has 2 aromatic heterocycles. The zero-order valence-corrected chi connectivity index (χ0v) is 14.4. The van der Waals surface area contributed by atoms with Gasteiger partial charge in [-0.05, 0) is 49.1 Å². The van der Waals surface area contributed by atoms with Crippen LogP contribution in [0.2, 0.25) is 0 Å². The fraction of sp³-hybridized carbons (Fsp3) is 0.263. The highest BCUT2D eigenvalue weighted by molar-refractivity contribution is 5.62. The number of fused-ring (bicyclic) bond motifs is 1. The van der Waals surface area contributed by atoms with Gasteiger partial charge in [0.25, 0.3) is 0 Å². The number of hydrogen-bond donors (Lipinski definition) is 0. The highest BCUT2D eigenvalue weighted by Gasteiger charge is 2.36. The van der Waals surface area contributed by atoms with Crippen LogP contribution in [0.1, 0.15) is 18.4 Å². The Morgan fingerprint density at radius 2 is 2.07 bits per heavy atom. The highest BCUT2D eigenvalue weighted by Crippen LogP contribution is 2.34. The van der Waals surface area contributed by atoms with Crippen molar-refractivity contribution in [3.05, 3.63) is 80.5 Å². The van der Waals surface area contributed by atoms with Gasteiger partial charge in [0.05, 0.1) is 4.92 Å². The first kappa shape index (κ1) is 17.1. The van der Waals surface area contributed by atoms with Crippen LogP contribution < -0.4 is 10.5 Å². The highest BCUT2D eigenvalue weighted by atomic mass is 19.1. The van der Waals surface area contributed by atoms with Gasteiger partial charge in [0.15, 0.2) is 0 Å². The SMILES string of the molecule is O=c1c([N+](=O)[O-])c(N(CCc2cccc(F)c2)C2CC2)nc2ccccn12. The molecule has 0 bridgehead atoms.